The highest BCUT2D eigenvalue weighted by molar-refractivity contribution is 5.95. The molecule has 0 aromatic heterocycles. The van der Waals surface area contributed by atoms with Crippen molar-refractivity contribution in [2.75, 3.05) is 4.90 Å². The summed E-state index contributed by atoms with van der Waals surface area (Å²) < 4.78 is 0. The van der Waals surface area contributed by atoms with Gasteiger partial charge >= 0.3 is 0 Å². The molecule has 3 heteroatoms. The number of hydrogen-bond acceptors (Lipinski definition) is 1. The van der Waals surface area contributed by atoms with E-state index in [-0.39, 0.29) is 18.1 Å². The Morgan fingerprint density at radius 3 is 2.07 bits per heavy atom. The molecule has 0 bridgehead atoms. The largest absolute Gasteiger partial charge is 0.355 e. The van der Waals surface area contributed by atoms with E-state index in [1.54, 1.807) is 0 Å². The number of nitrogens with one attached hydrogen (secondary N) is 1. The lowest BCUT2D eigenvalue weighted by molar-refractivity contribution is -0.913. The Hall–Kier alpha value is -3.17. The summed E-state index contributed by atoms with van der Waals surface area (Å²) in [4.78, 5) is 16.3. The van der Waals surface area contributed by atoms with Crippen LogP contribution in [0.2, 0.25) is 0 Å². The predicted octanol–water partition coefficient (Wildman–Crippen LogP) is 3.69. The number of fused-ring (bicyclic) bond motifs is 1. The molecular weight excluding hydrogens is 356 g/mol. The Labute approximate surface area is 171 Å². The van der Waals surface area contributed by atoms with Crippen LogP contribution in [0.15, 0.2) is 91.1 Å². The van der Waals surface area contributed by atoms with Gasteiger partial charge in [0.1, 0.15) is 6.04 Å². The molecule has 1 amide bonds. The van der Waals surface area contributed by atoms with E-state index in [1.807, 2.05) is 23.1 Å². The van der Waals surface area contributed by atoms with E-state index in [1.165, 1.54) is 21.6 Å². The van der Waals surface area contributed by atoms with Crippen molar-refractivity contribution in [3.8, 4) is 0 Å². The molecule has 0 radical (unpaired) electrons. The van der Waals surface area contributed by atoms with Crippen molar-refractivity contribution in [1.29, 1.82) is 0 Å². The number of anilines is 1. The van der Waals surface area contributed by atoms with Crippen LogP contribution in [0.1, 0.15) is 35.6 Å². The summed E-state index contributed by atoms with van der Waals surface area (Å²) in [6.07, 6.45) is 7.82. The third kappa shape index (κ3) is 3.28. The van der Waals surface area contributed by atoms with E-state index in [9.17, 15) is 4.79 Å². The van der Waals surface area contributed by atoms with Crippen LogP contribution in [0.3, 0.4) is 0 Å². The molecule has 2 unspecified atom stereocenters. The summed E-state index contributed by atoms with van der Waals surface area (Å²) in [5.41, 5.74) is 4.78. The predicted molar refractivity (Wildman–Crippen MR) is 114 cm³/mol. The molecule has 3 aromatic rings. The highest BCUT2D eigenvalue weighted by atomic mass is 16.2. The lowest BCUT2D eigenvalue weighted by atomic mass is 9.95. The molecule has 0 saturated carbocycles. The number of amides is 1. The third-order valence-electron chi connectivity index (χ3n) is 5.94. The Morgan fingerprint density at radius 2 is 1.45 bits per heavy atom. The fourth-order valence-corrected chi connectivity index (χ4v) is 4.51. The maximum Gasteiger partial charge on any atom is 0.229 e. The summed E-state index contributed by atoms with van der Waals surface area (Å²) in [7, 11) is 0. The fraction of sp³-hybridized carbons (Fsp3) is 0.192. The summed E-state index contributed by atoms with van der Waals surface area (Å²) in [6, 6.07) is 29.5. The molecule has 2 aliphatic rings. The minimum Gasteiger partial charge on any atom is -0.355 e. The minimum atomic E-state index is -0.118. The second-order valence-electron chi connectivity index (χ2n) is 7.71. The number of carbonyl (C=O) groups excluding carboxylic acids is 1. The van der Waals surface area contributed by atoms with Crippen LogP contribution in [0, 0.1) is 6.08 Å². The number of benzene rings is 3. The lowest BCUT2D eigenvalue weighted by Gasteiger charge is -2.51. The maximum absolute atomic E-state index is 13.1. The van der Waals surface area contributed by atoms with Gasteiger partial charge in [-0.25, -0.2) is 0 Å². The van der Waals surface area contributed by atoms with Gasteiger partial charge in [0.25, 0.3) is 0 Å². The van der Waals surface area contributed by atoms with Crippen molar-refractivity contribution in [1.82, 2.24) is 0 Å². The van der Waals surface area contributed by atoms with E-state index < -0.39 is 0 Å². The minimum absolute atomic E-state index is 0.117. The SMILES string of the molecule is O=C1CCCc2ccccc2N1C1[C-]=C[NH+]1C(c1ccccc1)c1ccccc1. The highest BCUT2D eigenvalue weighted by Gasteiger charge is 2.35. The summed E-state index contributed by atoms with van der Waals surface area (Å²) >= 11 is 0. The van der Waals surface area contributed by atoms with Crippen LogP contribution in [-0.2, 0) is 11.2 Å². The normalized spacial score (nSPS) is 20.9. The van der Waals surface area contributed by atoms with Crippen LogP contribution in [0.5, 0.6) is 0 Å². The number of para-hydroxylation sites is 1. The molecule has 2 aliphatic heterocycles. The molecule has 1 N–H and O–H groups in total. The number of rotatable bonds is 4. The third-order valence-corrected chi connectivity index (χ3v) is 5.94. The van der Waals surface area contributed by atoms with Crippen molar-refractivity contribution >= 4 is 11.6 Å². The molecule has 3 nitrogen and oxygen atoms in total. The van der Waals surface area contributed by atoms with E-state index in [0.29, 0.717) is 6.42 Å². The molecule has 0 fully saturated rings. The first kappa shape index (κ1) is 17.9. The van der Waals surface area contributed by atoms with Gasteiger partial charge in [-0.15, -0.1) is 0 Å². The number of carbonyl (C=O) groups is 1. The van der Waals surface area contributed by atoms with E-state index in [0.717, 1.165) is 18.5 Å². The first-order valence-corrected chi connectivity index (χ1v) is 10.3. The van der Waals surface area contributed by atoms with E-state index in [4.69, 9.17) is 0 Å². The van der Waals surface area contributed by atoms with E-state index in [2.05, 4.69) is 79.0 Å². The van der Waals surface area contributed by atoms with Gasteiger partial charge in [-0.1, -0.05) is 85.1 Å². The van der Waals surface area contributed by atoms with Crippen LogP contribution >= 0.6 is 0 Å². The van der Waals surface area contributed by atoms with Gasteiger partial charge in [-0.2, -0.15) is 0 Å². The smallest absolute Gasteiger partial charge is 0.229 e. The molecule has 5 rings (SSSR count). The van der Waals surface area contributed by atoms with Gasteiger partial charge in [-0.05, 0) is 24.5 Å². The van der Waals surface area contributed by atoms with Gasteiger partial charge in [0, 0.05) is 23.2 Å². The molecule has 0 spiro atoms. The maximum atomic E-state index is 13.1. The quantitative estimate of drug-likeness (QED) is 0.686. The Morgan fingerprint density at radius 1 is 0.828 bits per heavy atom. The first-order chi connectivity index (χ1) is 14.3. The Bertz CT molecular complexity index is 989. The van der Waals surface area contributed by atoms with Gasteiger partial charge in [0.2, 0.25) is 5.91 Å². The van der Waals surface area contributed by atoms with Crippen LogP contribution < -0.4 is 9.80 Å². The van der Waals surface area contributed by atoms with Crippen molar-refractivity contribution in [3.63, 3.8) is 0 Å². The molecule has 144 valence electrons. The van der Waals surface area contributed by atoms with Crippen molar-refractivity contribution in [2.24, 2.45) is 0 Å². The monoisotopic (exact) mass is 380 g/mol. The standard InChI is InChI=1S/C26H23N2O/c29-25-17-9-15-20-10-7-8-16-23(20)28(25)24-18-19-27(24)26(21-11-3-1-4-12-21)22-13-5-2-6-14-22/h1-8,10-14,16,19,24,26H,9,15,17H2/q-1/p+1. The number of hydrogen-bond donors (Lipinski definition) is 1. The average molecular weight is 380 g/mol. The molecule has 2 heterocycles. The number of aryl methyl sites for hydroxylation is 1. The summed E-state index contributed by atoms with van der Waals surface area (Å²) in [6.45, 7) is 0. The zero-order valence-electron chi connectivity index (χ0n) is 16.3. The van der Waals surface area contributed by atoms with Crippen molar-refractivity contribution in [2.45, 2.75) is 31.5 Å². The van der Waals surface area contributed by atoms with Crippen LogP contribution in [-0.4, -0.2) is 12.1 Å². The summed E-state index contributed by atoms with van der Waals surface area (Å²) in [5.74, 6) is 0.193. The number of nitrogens with zero attached hydrogens (tertiary/aromatic N) is 1. The average Bonchev–Trinajstić information content (AvgIpc) is 2.91. The van der Waals surface area contributed by atoms with Gasteiger partial charge in [0.15, 0.2) is 0 Å². The zero-order valence-corrected chi connectivity index (χ0v) is 16.3. The first-order valence-electron chi connectivity index (χ1n) is 10.3. The van der Waals surface area contributed by atoms with Gasteiger partial charge < -0.3 is 11.0 Å². The molecule has 0 saturated heterocycles. The van der Waals surface area contributed by atoms with Gasteiger partial charge in [0.05, 0.1) is 6.17 Å². The number of quaternary nitrogens is 1. The highest BCUT2D eigenvalue weighted by Crippen LogP contribution is 2.30. The molecule has 29 heavy (non-hydrogen) atoms. The van der Waals surface area contributed by atoms with Gasteiger partial charge in [-0.3, -0.25) is 9.69 Å². The summed E-state index contributed by atoms with van der Waals surface area (Å²) in [5, 5.41) is 0. The van der Waals surface area contributed by atoms with Crippen LogP contribution in [0.4, 0.5) is 5.69 Å². The molecular formula is C26H24N2O. The zero-order chi connectivity index (χ0) is 19.6. The second-order valence-corrected chi connectivity index (χ2v) is 7.71. The van der Waals surface area contributed by atoms with E-state index >= 15 is 0 Å². The van der Waals surface area contributed by atoms with Crippen molar-refractivity contribution < 1.29 is 9.69 Å². The van der Waals surface area contributed by atoms with Crippen LogP contribution in [0.25, 0.3) is 0 Å². The molecule has 3 aromatic carbocycles. The Balaban J connectivity index is 1.56. The fourth-order valence-electron chi connectivity index (χ4n) is 4.51. The molecule has 0 aliphatic carbocycles. The Kier molecular flexibility index (Phi) is 4.74. The lowest BCUT2D eigenvalue weighted by Crippen LogP contribution is -3.18. The second kappa shape index (κ2) is 7.69. The van der Waals surface area contributed by atoms with Crippen molar-refractivity contribution in [3.05, 3.63) is 114 Å². The molecule has 2 atom stereocenters. The topological polar surface area (TPSA) is 24.8 Å².